The molecule has 0 radical (unpaired) electrons. The number of rotatable bonds is 5. The number of halogens is 2. The Morgan fingerprint density at radius 2 is 1.90 bits per heavy atom. The van der Waals surface area contributed by atoms with E-state index in [1.807, 2.05) is 42.5 Å². The molecule has 106 valence electrons. The number of hydrogen-bond acceptors (Lipinski definition) is 2. The molecular formula is C16H17Cl2NO. The van der Waals surface area contributed by atoms with Crippen LogP contribution >= 0.6 is 23.2 Å². The molecule has 0 aliphatic rings. The summed E-state index contributed by atoms with van der Waals surface area (Å²) in [5.74, 6) is 0.827. The first-order valence-electron chi connectivity index (χ1n) is 6.42. The maximum Gasteiger partial charge on any atom is 0.123 e. The molecule has 2 aromatic rings. The highest BCUT2D eigenvalue weighted by atomic mass is 35.5. The van der Waals surface area contributed by atoms with Crippen LogP contribution in [0.1, 0.15) is 24.1 Å². The summed E-state index contributed by atoms with van der Waals surface area (Å²) in [6.45, 7) is 2.74. The van der Waals surface area contributed by atoms with Crippen molar-refractivity contribution in [2.45, 2.75) is 19.5 Å². The molecule has 1 atom stereocenters. The van der Waals surface area contributed by atoms with E-state index in [1.165, 1.54) is 0 Å². The van der Waals surface area contributed by atoms with Crippen LogP contribution in [0.25, 0.3) is 0 Å². The Morgan fingerprint density at radius 1 is 1.15 bits per heavy atom. The van der Waals surface area contributed by atoms with Gasteiger partial charge in [0.15, 0.2) is 0 Å². The lowest BCUT2D eigenvalue weighted by Crippen LogP contribution is -2.18. The summed E-state index contributed by atoms with van der Waals surface area (Å²) in [6, 6.07) is 13.6. The van der Waals surface area contributed by atoms with Crippen LogP contribution in [0, 0.1) is 0 Å². The number of benzene rings is 2. The van der Waals surface area contributed by atoms with Crippen LogP contribution in [-0.4, -0.2) is 7.11 Å². The van der Waals surface area contributed by atoms with Gasteiger partial charge in [0.05, 0.1) is 7.11 Å². The SMILES string of the molecule is COc1ccc(Cl)cc1CN[C@@H](C)c1ccccc1Cl. The Hall–Kier alpha value is -1.22. The average molecular weight is 310 g/mol. The van der Waals surface area contributed by atoms with Crippen LogP contribution in [0.5, 0.6) is 5.75 Å². The third-order valence-electron chi connectivity index (χ3n) is 3.21. The smallest absolute Gasteiger partial charge is 0.123 e. The van der Waals surface area contributed by atoms with Crippen LogP contribution in [0.15, 0.2) is 42.5 Å². The maximum absolute atomic E-state index is 6.20. The Labute approximate surface area is 129 Å². The van der Waals surface area contributed by atoms with Crippen molar-refractivity contribution < 1.29 is 4.74 Å². The van der Waals surface area contributed by atoms with Gasteiger partial charge in [-0.3, -0.25) is 0 Å². The van der Waals surface area contributed by atoms with Crippen molar-refractivity contribution in [1.29, 1.82) is 0 Å². The van der Waals surface area contributed by atoms with Gasteiger partial charge in [0.1, 0.15) is 5.75 Å². The topological polar surface area (TPSA) is 21.3 Å². The third kappa shape index (κ3) is 3.66. The molecule has 0 aliphatic carbocycles. The van der Waals surface area contributed by atoms with E-state index in [0.29, 0.717) is 11.6 Å². The maximum atomic E-state index is 6.20. The highest BCUT2D eigenvalue weighted by molar-refractivity contribution is 6.31. The van der Waals surface area contributed by atoms with Crippen molar-refractivity contribution in [2.75, 3.05) is 7.11 Å². The molecule has 20 heavy (non-hydrogen) atoms. The molecule has 0 bridgehead atoms. The summed E-state index contributed by atoms with van der Waals surface area (Å²) >= 11 is 12.2. The van der Waals surface area contributed by atoms with E-state index in [2.05, 4.69) is 12.2 Å². The zero-order valence-corrected chi connectivity index (χ0v) is 13.0. The highest BCUT2D eigenvalue weighted by Gasteiger charge is 2.10. The Kier molecular flexibility index (Phi) is 5.30. The minimum absolute atomic E-state index is 0.146. The van der Waals surface area contributed by atoms with Gasteiger partial charge in [0, 0.05) is 28.2 Å². The number of ether oxygens (including phenoxy) is 1. The quantitative estimate of drug-likeness (QED) is 0.852. The molecule has 1 N–H and O–H groups in total. The summed E-state index contributed by atoms with van der Waals surface area (Å²) in [5.41, 5.74) is 2.11. The molecule has 0 aromatic heterocycles. The fourth-order valence-electron chi connectivity index (χ4n) is 2.08. The van der Waals surface area contributed by atoms with Gasteiger partial charge >= 0.3 is 0 Å². The van der Waals surface area contributed by atoms with E-state index in [-0.39, 0.29) is 6.04 Å². The van der Waals surface area contributed by atoms with Gasteiger partial charge in [0.2, 0.25) is 0 Å². The van der Waals surface area contributed by atoms with Crippen LogP contribution in [0.4, 0.5) is 0 Å². The minimum atomic E-state index is 0.146. The first-order valence-corrected chi connectivity index (χ1v) is 7.17. The molecule has 0 saturated carbocycles. The second-order valence-electron chi connectivity index (χ2n) is 4.58. The first-order chi connectivity index (χ1) is 9.61. The molecule has 0 amide bonds. The van der Waals surface area contributed by atoms with Crippen molar-refractivity contribution in [1.82, 2.24) is 5.32 Å². The predicted molar refractivity (Wildman–Crippen MR) is 84.7 cm³/mol. The van der Waals surface area contributed by atoms with Gasteiger partial charge in [-0.05, 0) is 36.8 Å². The van der Waals surface area contributed by atoms with E-state index in [1.54, 1.807) is 7.11 Å². The first kappa shape index (κ1) is 15.2. The van der Waals surface area contributed by atoms with Crippen molar-refractivity contribution in [3.05, 3.63) is 63.6 Å². The van der Waals surface area contributed by atoms with E-state index < -0.39 is 0 Å². The van der Waals surface area contributed by atoms with Crippen LogP contribution in [0.3, 0.4) is 0 Å². The molecule has 4 heteroatoms. The lowest BCUT2D eigenvalue weighted by Gasteiger charge is -2.17. The van der Waals surface area contributed by atoms with Crippen molar-refractivity contribution in [3.8, 4) is 5.75 Å². The van der Waals surface area contributed by atoms with Crippen molar-refractivity contribution >= 4 is 23.2 Å². The van der Waals surface area contributed by atoms with Gasteiger partial charge in [0.25, 0.3) is 0 Å². The third-order valence-corrected chi connectivity index (χ3v) is 3.79. The van der Waals surface area contributed by atoms with E-state index >= 15 is 0 Å². The monoisotopic (exact) mass is 309 g/mol. The van der Waals surface area contributed by atoms with E-state index in [4.69, 9.17) is 27.9 Å². The van der Waals surface area contributed by atoms with Gasteiger partial charge in [-0.1, -0.05) is 41.4 Å². The molecule has 0 aliphatic heterocycles. The summed E-state index contributed by atoms with van der Waals surface area (Å²) in [6.07, 6.45) is 0. The van der Waals surface area contributed by atoms with E-state index in [9.17, 15) is 0 Å². The highest BCUT2D eigenvalue weighted by Crippen LogP contribution is 2.25. The summed E-state index contributed by atoms with van der Waals surface area (Å²) in [4.78, 5) is 0. The van der Waals surface area contributed by atoms with Gasteiger partial charge < -0.3 is 10.1 Å². The molecular weight excluding hydrogens is 293 g/mol. The molecule has 2 rings (SSSR count). The second kappa shape index (κ2) is 6.98. The standard InChI is InChI=1S/C16H17Cl2NO/c1-11(14-5-3-4-6-15(14)18)19-10-12-9-13(17)7-8-16(12)20-2/h3-9,11,19H,10H2,1-2H3/t11-/m0/s1. The van der Waals surface area contributed by atoms with Crippen molar-refractivity contribution in [3.63, 3.8) is 0 Å². The number of methoxy groups -OCH3 is 1. The Bertz CT molecular complexity index is 586. The normalized spacial score (nSPS) is 12.2. The number of hydrogen-bond donors (Lipinski definition) is 1. The largest absolute Gasteiger partial charge is 0.496 e. The van der Waals surface area contributed by atoms with Crippen LogP contribution < -0.4 is 10.1 Å². The Morgan fingerprint density at radius 3 is 2.60 bits per heavy atom. The molecule has 2 aromatic carbocycles. The summed E-state index contributed by atoms with van der Waals surface area (Å²) in [5, 5.41) is 4.91. The summed E-state index contributed by atoms with van der Waals surface area (Å²) < 4.78 is 5.34. The minimum Gasteiger partial charge on any atom is -0.496 e. The summed E-state index contributed by atoms with van der Waals surface area (Å²) in [7, 11) is 1.66. The molecule has 2 nitrogen and oxygen atoms in total. The van der Waals surface area contributed by atoms with Gasteiger partial charge in [-0.2, -0.15) is 0 Å². The van der Waals surface area contributed by atoms with Gasteiger partial charge in [-0.25, -0.2) is 0 Å². The zero-order valence-electron chi connectivity index (χ0n) is 11.5. The lowest BCUT2D eigenvalue weighted by atomic mass is 10.1. The predicted octanol–water partition coefficient (Wildman–Crippen LogP) is 4.85. The molecule has 0 unspecified atom stereocenters. The van der Waals surface area contributed by atoms with Crippen molar-refractivity contribution in [2.24, 2.45) is 0 Å². The average Bonchev–Trinajstić information content (AvgIpc) is 2.45. The lowest BCUT2D eigenvalue weighted by molar-refractivity contribution is 0.406. The number of nitrogens with one attached hydrogen (secondary N) is 1. The zero-order chi connectivity index (χ0) is 14.5. The molecule has 0 spiro atoms. The van der Waals surface area contributed by atoms with Gasteiger partial charge in [-0.15, -0.1) is 0 Å². The van der Waals surface area contributed by atoms with E-state index in [0.717, 1.165) is 21.9 Å². The van der Waals surface area contributed by atoms with Crippen LogP contribution in [0.2, 0.25) is 10.0 Å². The molecule has 0 heterocycles. The molecule has 0 fully saturated rings. The molecule has 0 saturated heterocycles. The van der Waals surface area contributed by atoms with Crippen LogP contribution in [-0.2, 0) is 6.54 Å². The fourth-order valence-corrected chi connectivity index (χ4v) is 2.58. The fraction of sp³-hybridized carbons (Fsp3) is 0.250. The Balaban J connectivity index is 2.09. The second-order valence-corrected chi connectivity index (χ2v) is 5.42.